The number of anilines is 2. The lowest BCUT2D eigenvalue weighted by atomic mass is 10.1. The van der Waals surface area contributed by atoms with Gasteiger partial charge in [-0.05, 0) is 61.7 Å². The Balaban J connectivity index is 1.39. The van der Waals surface area contributed by atoms with Crippen molar-refractivity contribution < 1.29 is 4.79 Å². The van der Waals surface area contributed by atoms with Gasteiger partial charge in [-0.25, -0.2) is 9.78 Å². The predicted molar refractivity (Wildman–Crippen MR) is 113 cm³/mol. The van der Waals surface area contributed by atoms with Gasteiger partial charge in [0.15, 0.2) is 5.13 Å². The molecule has 0 unspecified atom stereocenters. The summed E-state index contributed by atoms with van der Waals surface area (Å²) in [5, 5.41) is 4.08. The van der Waals surface area contributed by atoms with E-state index >= 15 is 0 Å². The summed E-state index contributed by atoms with van der Waals surface area (Å²) in [6, 6.07) is 12.4. The molecule has 2 aromatic carbocycles. The fraction of sp³-hybridized carbons (Fsp3) is 0.333. The molecule has 0 atom stereocenters. The SMILES string of the molecule is Cc1cc(C)cc(NC(=O)N2CCN(c3nc4ccc(C)cc4s3)CC2)c1. The summed E-state index contributed by atoms with van der Waals surface area (Å²) in [5.41, 5.74) is 5.48. The van der Waals surface area contributed by atoms with E-state index in [4.69, 9.17) is 4.98 Å². The fourth-order valence-corrected chi connectivity index (χ4v) is 4.62. The number of hydrogen-bond acceptors (Lipinski definition) is 4. The van der Waals surface area contributed by atoms with Gasteiger partial charge in [0, 0.05) is 31.9 Å². The molecule has 6 heteroatoms. The molecule has 1 aliphatic heterocycles. The average Bonchev–Trinajstić information content (AvgIpc) is 3.04. The maximum atomic E-state index is 12.6. The van der Waals surface area contributed by atoms with Crippen molar-refractivity contribution in [1.29, 1.82) is 0 Å². The zero-order chi connectivity index (χ0) is 19.0. The van der Waals surface area contributed by atoms with Gasteiger partial charge in [0.05, 0.1) is 10.2 Å². The number of aromatic nitrogens is 1. The summed E-state index contributed by atoms with van der Waals surface area (Å²) in [4.78, 5) is 21.5. The number of piperazine rings is 1. The maximum absolute atomic E-state index is 12.6. The number of urea groups is 1. The summed E-state index contributed by atoms with van der Waals surface area (Å²) in [7, 11) is 0. The molecule has 2 amide bonds. The van der Waals surface area contributed by atoms with Gasteiger partial charge in [0.1, 0.15) is 0 Å². The number of nitrogens with one attached hydrogen (secondary N) is 1. The van der Waals surface area contributed by atoms with E-state index < -0.39 is 0 Å². The highest BCUT2D eigenvalue weighted by molar-refractivity contribution is 7.22. The molecule has 5 nitrogen and oxygen atoms in total. The second kappa shape index (κ2) is 7.19. The maximum Gasteiger partial charge on any atom is 0.321 e. The van der Waals surface area contributed by atoms with Crippen LogP contribution in [0.4, 0.5) is 15.6 Å². The van der Waals surface area contributed by atoms with Gasteiger partial charge >= 0.3 is 6.03 Å². The summed E-state index contributed by atoms with van der Waals surface area (Å²) < 4.78 is 1.22. The molecule has 0 radical (unpaired) electrons. The molecule has 3 aromatic rings. The third kappa shape index (κ3) is 3.90. The molecule has 0 aliphatic carbocycles. The van der Waals surface area contributed by atoms with Crippen LogP contribution >= 0.6 is 11.3 Å². The molecule has 4 rings (SSSR count). The summed E-state index contributed by atoms with van der Waals surface area (Å²) in [5.74, 6) is 0. The molecule has 0 bridgehead atoms. The Morgan fingerprint density at radius 1 is 0.963 bits per heavy atom. The van der Waals surface area contributed by atoms with Crippen molar-refractivity contribution in [3.63, 3.8) is 0 Å². The van der Waals surface area contributed by atoms with Crippen LogP contribution in [0.1, 0.15) is 16.7 Å². The first-order chi connectivity index (χ1) is 13.0. The zero-order valence-electron chi connectivity index (χ0n) is 16.0. The number of thiazole rings is 1. The van der Waals surface area contributed by atoms with E-state index in [1.165, 1.54) is 10.3 Å². The minimum absolute atomic E-state index is 0.0282. The summed E-state index contributed by atoms with van der Waals surface area (Å²) in [6.07, 6.45) is 0. The number of carbonyl (C=O) groups is 1. The molecule has 27 heavy (non-hydrogen) atoms. The molecular weight excluding hydrogens is 356 g/mol. The topological polar surface area (TPSA) is 48.5 Å². The Labute approximate surface area is 163 Å². The number of aryl methyl sites for hydroxylation is 3. The van der Waals surface area contributed by atoms with E-state index in [2.05, 4.69) is 41.4 Å². The molecule has 0 saturated carbocycles. The summed E-state index contributed by atoms with van der Waals surface area (Å²) in [6.45, 7) is 9.20. The van der Waals surface area contributed by atoms with Crippen molar-refractivity contribution in [2.45, 2.75) is 20.8 Å². The first kappa shape index (κ1) is 17.8. The standard InChI is InChI=1S/C21H24N4OS/c1-14-4-5-18-19(13-14)27-21(23-18)25-8-6-24(7-9-25)20(26)22-17-11-15(2)10-16(3)12-17/h4-5,10-13H,6-9H2,1-3H3,(H,22,26). The molecule has 140 valence electrons. The van der Waals surface area contributed by atoms with Crippen molar-refractivity contribution in [1.82, 2.24) is 9.88 Å². The van der Waals surface area contributed by atoms with Crippen LogP contribution in [0, 0.1) is 20.8 Å². The number of fused-ring (bicyclic) bond motifs is 1. The van der Waals surface area contributed by atoms with E-state index in [1.54, 1.807) is 11.3 Å². The van der Waals surface area contributed by atoms with Crippen molar-refractivity contribution >= 4 is 38.4 Å². The van der Waals surface area contributed by atoms with Crippen molar-refractivity contribution in [3.05, 3.63) is 53.1 Å². The van der Waals surface area contributed by atoms with Gasteiger partial charge < -0.3 is 15.1 Å². The van der Waals surface area contributed by atoms with Gasteiger partial charge in [0.2, 0.25) is 0 Å². The number of carbonyl (C=O) groups excluding carboxylic acids is 1. The van der Waals surface area contributed by atoms with Crippen LogP contribution in [0.3, 0.4) is 0 Å². The fourth-order valence-electron chi connectivity index (χ4n) is 3.51. The first-order valence-electron chi connectivity index (χ1n) is 9.24. The van der Waals surface area contributed by atoms with Crippen LogP contribution in [0.2, 0.25) is 0 Å². The third-order valence-electron chi connectivity index (χ3n) is 4.84. The monoisotopic (exact) mass is 380 g/mol. The van der Waals surface area contributed by atoms with Gasteiger partial charge in [0.25, 0.3) is 0 Å². The quantitative estimate of drug-likeness (QED) is 0.708. The smallest absolute Gasteiger partial charge is 0.321 e. The second-order valence-corrected chi connectivity index (χ2v) is 8.26. The second-order valence-electron chi connectivity index (χ2n) is 7.25. The number of rotatable bonds is 2. The molecule has 1 N–H and O–H groups in total. The third-order valence-corrected chi connectivity index (χ3v) is 5.92. The van der Waals surface area contributed by atoms with Gasteiger partial charge in [-0.2, -0.15) is 0 Å². The Morgan fingerprint density at radius 3 is 2.37 bits per heavy atom. The highest BCUT2D eigenvalue weighted by Crippen LogP contribution is 2.30. The van der Waals surface area contributed by atoms with E-state index in [0.29, 0.717) is 13.1 Å². The molecular formula is C21H24N4OS. The molecule has 1 aromatic heterocycles. The van der Waals surface area contributed by atoms with E-state index in [1.807, 2.05) is 30.9 Å². The molecule has 2 heterocycles. The highest BCUT2D eigenvalue weighted by Gasteiger charge is 2.23. The number of hydrogen-bond donors (Lipinski definition) is 1. The first-order valence-corrected chi connectivity index (χ1v) is 10.1. The van der Waals surface area contributed by atoms with Crippen LogP contribution in [-0.2, 0) is 0 Å². The lowest BCUT2D eigenvalue weighted by molar-refractivity contribution is 0.208. The van der Waals surface area contributed by atoms with Crippen LogP contribution in [0.5, 0.6) is 0 Å². The lowest BCUT2D eigenvalue weighted by Gasteiger charge is -2.34. The van der Waals surface area contributed by atoms with Crippen molar-refractivity contribution in [3.8, 4) is 0 Å². The minimum Gasteiger partial charge on any atom is -0.345 e. The normalized spacial score (nSPS) is 14.6. The zero-order valence-corrected chi connectivity index (χ0v) is 16.8. The largest absolute Gasteiger partial charge is 0.345 e. The number of nitrogens with zero attached hydrogens (tertiary/aromatic N) is 3. The van der Waals surface area contributed by atoms with Crippen molar-refractivity contribution in [2.75, 3.05) is 36.4 Å². The lowest BCUT2D eigenvalue weighted by Crippen LogP contribution is -2.50. The van der Waals surface area contributed by atoms with Gasteiger partial charge in [-0.15, -0.1) is 0 Å². The molecule has 1 fully saturated rings. The Morgan fingerprint density at radius 2 is 1.67 bits per heavy atom. The summed E-state index contributed by atoms with van der Waals surface area (Å²) >= 11 is 1.73. The number of benzene rings is 2. The minimum atomic E-state index is -0.0282. The Bertz CT molecular complexity index is 969. The molecule has 1 aliphatic rings. The highest BCUT2D eigenvalue weighted by atomic mass is 32.1. The van der Waals surface area contributed by atoms with E-state index in [9.17, 15) is 4.79 Å². The van der Waals surface area contributed by atoms with Gasteiger partial charge in [-0.3, -0.25) is 0 Å². The molecule has 1 saturated heterocycles. The van der Waals surface area contributed by atoms with Crippen LogP contribution < -0.4 is 10.2 Å². The van der Waals surface area contributed by atoms with Gasteiger partial charge in [-0.1, -0.05) is 23.5 Å². The van der Waals surface area contributed by atoms with Crippen molar-refractivity contribution in [2.24, 2.45) is 0 Å². The van der Waals surface area contributed by atoms with Crippen LogP contribution in [0.15, 0.2) is 36.4 Å². The average molecular weight is 381 g/mol. The van der Waals surface area contributed by atoms with E-state index in [-0.39, 0.29) is 6.03 Å². The Kier molecular flexibility index (Phi) is 4.74. The van der Waals surface area contributed by atoms with Crippen LogP contribution in [-0.4, -0.2) is 42.1 Å². The Hall–Kier alpha value is -2.60. The van der Waals surface area contributed by atoms with E-state index in [0.717, 1.165) is 40.6 Å². The predicted octanol–water partition coefficient (Wildman–Crippen LogP) is 4.58. The van der Waals surface area contributed by atoms with Crippen LogP contribution in [0.25, 0.3) is 10.2 Å². The number of amides is 2. The molecule has 0 spiro atoms.